The molecule has 2 aromatic rings. The molecule has 0 spiro atoms. The quantitative estimate of drug-likeness (QED) is 0.609. The summed E-state index contributed by atoms with van der Waals surface area (Å²) >= 11 is 4.55. The van der Waals surface area contributed by atoms with Crippen LogP contribution in [0.5, 0.6) is 0 Å². The van der Waals surface area contributed by atoms with Crippen molar-refractivity contribution in [2.24, 2.45) is 0 Å². The monoisotopic (exact) mass is 311 g/mol. The maximum atomic E-state index is 10.1. The molecule has 1 aliphatic rings. The number of fused-ring (bicyclic) bond motifs is 1. The van der Waals surface area contributed by atoms with E-state index in [1.54, 1.807) is 0 Å². The van der Waals surface area contributed by atoms with E-state index in [-0.39, 0.29) is 12.4 Å². The number of hydrogen-bond donors (Lipinski definition) is 3. The van der Waals surface area contributed by atoms with Gasteiger partial charge in [0.1, 0.15) is 42.3 Å². The van der Waals surface area contributed by atoms with Crippen molar-refractivity contribution in [2.45, 2.75) is 24.5 Å². The van der Waals surface area contributed by atoms with Gasteiger partial charge in [0.2, 0.25) is 0 Å². The highest BCUT2D eigenvalue weighted by molar-refractivity contribution is 7.78. The van der Waals surface area contributed by atoms with Crippen molar-refractivity contribution in [3.05, 3.63) is 12.7 Å². The van der Waals surface area contributed by atoms with Crippen LogP contribution in [0, 0.1) is 0 Å². The Morgan fingerprint density at radius 2 is 2.19 bits per heavy atom. The van der Waals surface area contributed by atoms with E-state index in [9.17, 15) is 10.2 Å². The Labute approximate surface area is 124 Å². The van der Waals surface area contributed by atoms with Crippen LogP contribution in [-0.2, 0) is 9.47 Å². The molecule has 1 aliphatic heterocycles. The van der Waals surface area contributed by atoms with Gasteiger partial charge in [0.15, 0.2) is 17.7 Å². The second-order valence-electron chi connectivity index (χ2n) is 4.56. The number of nitrogen functional groups attached to an aromatic ring is 1. The fourth-order valence-corrected chi connectivity index (χ4v) is 2.37. The lowest BCUT2D eigenvalue weighted by Gasteiger charge is -2.16. The predicted octanol–water partition coefficient (Wildman–Crippen LogP) is -0.999. The van der Waals surface area contributed by atoms with Gasteiger partial charge in [-0.2, -0.15) is 0 Å². The Kier molecular flexibility index (Phi) is 3.68. The highest BCUT2D eigenvalue weighted by atomic mass is 32.1. The summed E-state index contributed by atoms with van der Waals surface area (Å²) in [6, 6.07) is 0. The van der Waals surface area contributed by atoms with Crippen LogP contribution in [0.4, 0.5) is 5.82 Å². The van der Waals surface area contributed by atoms with Crippen molar-refractivity contribution in [1.82, 2.24) is 19.5 Å². The largest absolute Gasteiger partial charge is 0.487 e. The molecule has 0 radical (unpaired) electrons. The summed E-state index contributed by atoms with van der Waals surface area (Å²) in [4.78, 5) is 12.0. The van der Waals surface area contributed by atoms with E-state index in [2.05, 4.69) is 27.2 Å². The van der Waals surface area contributed by atoms with E-state index >= 15 is 0 Å². The highest BCUT2D eigenvalue weighted by Crippen LogP contribution is 2.31. The second kappa shape index (κ2) is 5.48. The molecular formula is C11H13N5O4S. The minimum absolute atomic E-state index is 0.0436. The number of ether oxygens (including phenoxy) is 2. The van der Waals surface area contributed by atoms with Crippen molar-refractivity contribution in [1.29, 1.82) is 0 Å². The molecule has 4 atom stereocenters. The maximum Gasteiger partial charge on any atom is 0.167 e. The van der Waals surface area contributed by atoms with Crippen LogP contribution >= 0.6 is 12.2 Å². The summed E-state index contributed by atoms with van der Waals surface area (Å²) in [7, 11) is 0. The first-order valence-electron chi connectivity index (χ1n) is 6.13. The number of rotatable bonds is 4. The van der Waals surface area contributed by atoms with E-state index in [1.165, 1.54) is 17.2 Å². The average molecular weight is 311 g/mol. The molecule has 3 heterocycles. The molecule has 2 aromatic heterocycles. The zero-order chi connectivity index (χ0) is 15.0. The van der Waals surface area contributed by atoms with E-state index in [4.69, 9.17) is 15.2 Å². The Morgan fingerprint density at radius 1 is 1.38 bits per heavy atom. The molecule has 4 N–H and O–H groups in total. The fraction of sp³-hybridized carbons (Fsp3) is 0.455. The summed E-state index contributed by atoms with van der Waals surface area (Å²) in [5.74, 6) is 0.229. The van der Waals surface area contributed by atoms with E-state index in [0.717, 1.165) is 5.55 Å². The van der Waals surface area contributed by atoms with Gasteiger partial charge >= 0.3 is 0 Å². The smallest absolute Gasteiger partial charge is 0.167 e. The average Bonchev–Trinajstić information content (AvgIpc) is 3.02. The van der Waals surface area contributed by atoms with Crippen LogP contribution in [0.3, 0.4) is 0 Å². The number of anilines is 1. The van der Waals surface area contributed by atoms with Crippen LogP contribution in [0.25, 0.3) is 11.2 Å². The highest BCUT2D eigenvalue weighted by Gasteiger charge is 2.44. The fourth-order valence-electron chi connectivity index (χ4n) is 2.29. The molecule has 0 aliphatic carbocycles. The van der Waals surface area contributed by atoms with Gasteiger partial charge in [-0.25, -0.2) is 15.0 Å². The molecule has 0 unspecified atom stereocenters. The van der Waals surface area contributed by atoms with Crippen LogP contribution in [0.1, 0.15) is 6.23 Å². The van der Waals surface area contributed by atoms with Gasteiger partial charge in [0.05, 0.1) is 6.33 Å². The number of aliphatic hydroxyl groups excluding tert-OH is 2. The third kappa shape index (κ3) is 2.31. The zero-order valence-electron chi connectivity index (χ0n) is 10.7. The number of aliphatic hydroxyl groups is 2. The van der Waals surface area contributed by atoms with Gasteiger partial charge in [-0.3, -0.25) is 4.57 Å². The predicted molar refractivity (Wildman–Crippen MR) is 75.3 cm³/mol. The summed E-state index contributed by atoms with van der Waals surface area (Å²) in [6.07, 6.45) is -1.10. The van der Waals surface area contributed by atoms with Gasteiger partial charge < -0.3 is 25.4 Å². The van der Waals surface area contributed by atoms with Crippen molar-refractivity contribution < 1.29 is 19.7 Å². The number of imidazole rings is 1. The third-order valence-electron chi connectivity index (χ3n) is 3.33. The number of hydrogen-bond acceptors (Lipinski definition) is 9. The van der Waals surface area contributed by atoms with E-state index in [1.807, 2.05) is 0 Å². The van der Waals surface area contributed by atoms with Gasteiger partial charge in [-0.05, 0) is 12.2 Å². The Balaban J connectivity index is 1.92. The second-order valence-corrected chi connectivity index (χ2v) is 4.75. The van der Waals surface area contributed by atoms with Gasteiger partial charge in [0, 0.05) is 0 Å². The molecule has 0 saturated carbocycles. The van der Waals surface area contributed by atoms with E-state index < -0.39 is 24.5 Å². The molecule has 3 rings (SSSR count). The number of nitrogens with two attached hydrogens (primary N) is 1. The molecule has 10 heteroatoms. The maximum absolute atomic E-state index is 10.1. The number of thiocarbonyl (C=S) groups is 1. The summed E-state index contributed by atoms with van der Waals surface area (Å²) in [6.45, 7) is 0.0436. The van der Waals surface area contributed by atoms with Gasteiger partial charge in [-0.15, -0.1) is 0 Å². The molecule has 0 bridgehead atoms. The molecular weight excluding hydrogens is 298 g/mol. The molecule has 9 nitrogen and oxygen atoms in total. The minimum Gasteiger partial charge on any atom is -0.487 e. The lowest BCUT2D eigenvalue weighted by Crippen LogP contribution is -2.33. The minimum atomic E-state index is -1.16. The molecule has 1 fully saturated rings. The van der Waals surface area contributed by atoms with Gasteiger partial charge in [-0.1, -0.05) is 0 Å². The van der Waals surface area contributed by atoms with Crippen LogP contribution in [0.15, 0.2) is 12.7 Å². The van der Waals surface area contributed by atoms with E-state index in [0.29, 0.717) is 11.2 Å². The van der Waals surface area contributed by atoms with Crippen molar-refractivity contribution in [3.8, 4) is 0 Å². The molecule has 1 saturated heterocycles. The molecule has 21 heavy (non-hydrogen) atoms. The van der Waals surface area contributed by atoms with Crippen molar-refractivity contribution in [3.63, 3.8) is 0 Å². The molecule has 0 amide bonds. The molecule has 112 valence electrons. The standard InChI is InChI=1S/C11H13N5O4S/c12-9-6-10(14-2-13-9)16(3-15-6)11-8(18)7(17)5(20-11)1-19-4-21/h2-5,7-8,11,17-18H,1H2,(H2,12,13,14)/t5-,7-,8-,11-/m1/s1. The third-order valence-corrected chi connectivity index (χ3v) is 3.46. The Hall–Kier alpha value is -1.88. The van der Waals surface area contributed by atoms with Gasteiger partial charge in [0.25, 0.3) is 0 Å². The van der Waals surface area contributed by atoms with Crippen molar-refractivity contribution >= 4 is 34.8 Å². The van der Waals surface area contributed by atoms with Crippen LogP contribution in [-0.4, -0.2) is 60.2 Å². The SMILES string of the molecule is Nc1ncnc2c1ncn2[C@@H]1O[C@H](COC=S)[C@@H](O)[C@H]1O. The molecule has 0 aromatic carbocycles. The van der Waals surface area contributed by atoms with Crippen LogP contribution < -0.4 is 5.73 Å². The zero-order valence-corrected chi connectivity index (χ0v) is 11.6. The Morgan fingerprint density at radius 3 is 2.95 bits per heavy atom. The summed E-state index contributed by atoms with van der Waals surface area (Å²) < 4.78 is 12.0. The van der Waals surface area contributed by atoms with Crippen LogP contribution in [0.2, 0.25) is 0 Å². The summed E-state index contributed by atoms with van der Waals surface area (Å²) in [5, 5.41) is 20.1. The normalized spacial score (nSPS) is 28.9. The topological polar surface area (TPSA) is 129 Å². The van der Waals surface area contributed by atoms with Crippen molar-refractivity contribution in [2.75, 3.05) is 12.3 Å². The first-order chi connectivity index (χ1) is 10.1. The number of nitrogens with zero attached hydrogens (tertiary/aromatic N) is 4. The lowest BCUT2D eigenvalue weighted by atomic mass is 10.1. The summed E-state index contributed by atoms with van der Waals surface area (Å²) in [5.41, 5.74) is 7.60. The first-order valence-corrected chi connectivity index (χ1v) is 6.60. The Bertz CT molecular complexity index is 665. The number of aromatic nitrogens is 4. The first kappa shape index (κ1) is 14.1. The lowest BCUT2D eigenvalue weighted by molar-refractivity contribution is -0.0479.